The molecule has 1 aromatic heterocycles. The highest BCUT2D eigenvalue weighted by atomic mass is 19.1. The highest BCUT2D eigenvalue weighted by Crippen LogP contribution is 2.25. The number of rotatable bonds is 6. The average molecular weight is 324 g/mol. The van der Waals surface area contributed by atoms with Crippen molar-refractivity contribution in [1.29, 1.82) is 0 Å². The van der Waals surface area contributed by atoms with Crippen LogP contribution in [0.2, 0.25) is 0 Å². The molecule has 1 unspecified atom stereocenters. The van der Waals surface area contributed by atoms with Crippen molar-refractivity contribution in [2.75, 3.05) is 19.0 Å². The molecule has 3 aromatic rings. The van der Waals surface area contributed by atoms with Gasteiger partial charge < -0.3 is 10.1 Å². The topological polar surface area (TPSA) is 34.1 Å². The van der Waals surface area contributed by atoms with Crippen LogP contribution in [0.3, 0.4) is 0 Å². The molecule has 0 fully saturated rings. The lowest BCUT2D eigenvalue weighted by Gasteiger charge is -2.14. The summed E-state index contributed by atoms with van der Waals surface area (Å²) >= 11 is 0. The summed E-state index contributed by atoms with van der Waals surface area (Å²) in [4.78, 5) is 4.73. The van der Waals surface area contributed by atoms with Crippen LogP contribution in [0, 0.1) is 0 Å². The standard InChI is InChI=1S/C20H21FN2O/c1-3-17(13-21)24-18-10-6-15-7-11-19(23-20(15)12-18)14-4-8-16(22-2)9-5-14/h4-12,17,22H,3,13H2,1-2H3. The van der Waals surface area contributed by atoms with Crippen LogP contribution >= 0.6 is 0 Å². The van der Waals surface area contributed by atoms with Crippen LogP contribution in [-0.4, -0.2) is 24.8 Å². The van der Waals surface area contributed by atoms with Crippen molar-refractivity contribution in [3.05, 3.63) is 54.6 Å². The molecule has 0 saturated carbocycles. The molecule has 1 heterocycles. The lowest BCUT2D eigenvalue weighted by Crippen LogP contribution is -2.17. The maximum atomic E-state index is 12.9. The van der Waals surface area contributed by atoms with Crippen molar-refractivity contribution in [2.24, 2.45) is 0 Å². The van der Waals surface area contributed by atoms with E-state index in [4.69, 9.17) is 9.72 Å². The van der Waals surface area contributed by atoms with E-state index in [0.29, 0.717) is 12.2 Å². The number of nitrogens with zero attached hydrogens (tertiary/aromatic N) is 1. The minimum Gasteiger partial charge on any atom is -0.488 e. The number of benzene rings is 2. The Morgan fingerprint density at radius 2 is 1.83 bits per heavy atom. The van der Waals surface area contributed by atoms with Crippen molar-refractivity contribution in [2.45, 2.75) is 19.4 Å². The molecule has 3 nitrogen and oxygen atoms in total. The third-order valence-corrected chi connectivity index (χ3v) is 4.06. The van der Waals surface area contributed by atoms with Gasteiger partial charge in [-0.25, -0.2) is 9.37 Å². The van der Waals surface area contributed by atoms with Crippen molar-refractivity contribution >= 4 is 16.6 Å². The second-order valence-electron chi connectivity index (χ2n) is 5.68. The molecule has 0 aliphatic heterocycles. The molecular formula is C20H21FN2O. The molecule has 0 amide bonds. The van der Waals surface area contributed by atoms with Gasteiger partial charge in [-0.05, 0) is 36.8 Å². The fraction of sp³-hybridized carbons (Fsp3) is 0.250. The quantitative estimate of drug-likeness (QED) is 0.687. The van der Waals surface area contributed by atoms with Crippen LogP contribution in [0.5, 0.6) is 5.75 Å². The molecule has 4 heteroatoms. The minimum atomic E-state index is -0.486. The first-order chi connectivity index (χ1) is 11.7. The van der Waals surface area contributed by atoms with Crippen molar-refractivity contribution < 1.29 is 9.13 Å². The van der Waals surface area contributed by atoms with E-state index in [1.807, 2.05) is 68.6 Å². The second kappa shape index (κ2) is 7.30. The molecule has 0 spiro atoms. The van der Waals surface area contributed by atoms with Crippen LogP contribution in [-0.2, 0) is 0 Å². The molecule has 3 rings (SSSR count). The van der Waals surface area contributed by atoms with Crippen molar-refractivity contribution in [1.82, 2.24) is 4.98 Å². The molecule has 2 aromatic carbocycles. The predicted octanol–water partition coefficient (Wildman–Crippen LogP) is 5.07. The van der Waals surface area contributed by atoms with Gasteiger partial charge in [0.2, 0.25) is 0 Å². The van der Waals surface area contributed by atoms with Crippen molar-refractivity contribution in [3.8, 4) is 17.0 Å². The van der Waals surface area contributed by atoms with Gasteiger partial charge in [0.25, 0.3) is 0 Å². The zero-order valence-corrected chi connectivity index (χ0v) is 13.9. The van der Waals surface area contributed by atoms with Crippen LogP contribution in [0.4, 0.5) is 10.1 Å². The van der Waals surface area contributed by atoms with Crippen LogP contribution in [0.25, 0.3) is 22.2 Å². The summed E-state index contributed by atoms with van der Waals surface area (Å²) in [5, 5.41) is 4.14. The summed E-state index contributed by atoms with van der Waals surface area (Å²) in [6.07, 6.45) is 0.236. The highest BCUT2D eigenvalue weighted by Gasteiger charge is 2.09. The van der Waals surface area contributed by atoms with Gasteiger partial charge in [-0.15, -0.1) is 0 Å². The Morgan fingerprint density at radius 3 is 2.50 bits per heavy atom. The number of aromatic nitrogens is 1. The number of pyridine rings is 1. The van der Waals surface area contributed by atoms with Crippen molar-refractivity contribution in [3.63, 3.8) is 0 Å². The molecule has 124 valence electrons. The zero-order chi connectivity index (χ0) is 16.9. The van der Waals surface area contributed by atoms with Crippen LogP contribution in [0.15, 0.2) is 54.6 Å². The monoisotopic (exact) mass is 324 g/mol. The first kappa shape index (κ1) is 16.2. The lowest BCUT2D eigenvalue weighted by molar-refractivity contribution is 0.160. The summed E-state index contributed by atoms with van der Waals surface area (Å²) in [5.41, 5.74) is 3.86. The Balaban J connectivity index is 1.93. The molecule has 24 heavy (non-hydrogen) atoms. The van der Waals surface area contributed by atoms with Gasteiger partial charge in [-0.1, -0.05) is 25.1 Å². The smallest absolute Gasteiger partial charge is 0.127 e. The number of halogens is 1. The summed E-state index contributed by atoms with van der Waals surface area (Å²) < 4.78 is 18.5. The van der Waals surface area contributed by atoms with Gasteiger partial charge in [0.15, 0.2) is 0 Å². The van der Waals surface area contributed by atoms with E-state index < -0.39 is 12.8 Å². The van der Waals surface area contributed by atoms with E-state index in [1.54, 1.807) is 0 Å². The maximum Gasteiger partial charge on any atom is 0.127 e. The fourth-order valence-corrected chi connectivity index (χ4v) is 2.56. The summed E-state index contributed by atoms with van der Waals surface area (Å²) in [6, 6.07) is 17.9. The number of hydrogen-bond acceptors (Lipinski definition) is 3. The van der Waals surface area contributed by atoms with Crippen LogP contribution < -0.4 is 10.1 Å². The molecular weight excluding hydrogens is 303 g/mol. The normalized spacial score (nSPS) is 12.1. The summed E-state index contributed by atoms with van der Waals surface area (Å²) in [5.74, 6) is 0.655. The third-order valence-electron chi connectivity index (χ3n) is 4.06. The first-order valence-electron chi connectivity index (χ1n) is 8.15. The molecule has 0 aliphatic rings. The van der Waals surface area contributed by atoms with E-state index in [1.165, 1.54) is 0 Å². The maximum absolute atomic E-state index is 12.9. The third kappa shape index (κ3) is 3.48. The largest absolute Gasteiger partial charge is 0.488 e. The molecule has 1 N–H and O–H groups in total. The molecule has 0 bridgehead atoms. The van der Waals surface area contributed by atoms with E-state index in [2.05, 4.69) is 5.32 Å². The van der Waals surface area contributed by atoms with Gasteiger partial charge in [-0.2, -0.15) is 0 Å². The number of hydrogen-bond donors (Lipinski definition) is 1. The first-order valence-corrected chi connectivity index (χ1v) is 8.15. The highest BCUT2D eigenvalue weighted by molar-refractivity contribution is 5.83. The summed E-state index contributed by atoms with van der Waals surface area (Å²) in [7, 11) is 1.89. The number of fused-ring (bicyclic) bond motifs is 1. The van der Waals surface area contributed by atoms with E-state index in [0.717, 1.165) is 27.8 Å². The van der Waals surface area contributed by atoms with Crippen LogP contribution in [0.1, 0.15) is 13.3 Å². The number of anilines is 1. The van der Waals surface area contributed by atoms with E-state index in [9.17, 15) is 4.39 Å². The number of nitrogens with one attached hydrogen (secondary N) is 1. The lowest BCUT2D eigenvalue weighted by atomic mass is 10.1. The van der Waals surface area contributed by atoms with E-state index >= 15 is 0 Å². The summed E-state index contributed by atoms with van der Waals surface area (Å²) in [6.45, 7) is 1.43. The van der Waals surface area contributed by atoms with E-state index in [-0.39, 0.29) is 0 Å². The Labute approximate surface area is 141 Å². The minimum absolute atomic E-state index is 0.403. The van der Waals surface area contributed by atoms with Gasteiger partial charge in [-0.3, -0.25) is 0 Å². The predicted molar refractivity (Wildman–Crippen MR) is 97.4 cm³/mol. The Bertz CT molecular complexity index is 813. The van der Waals surface area contributed by atoms with Gasteiger partial charge in [0.05, 0.1) is 11.2 Å². The molecule has 0 saturated heterocycles. The Morgan fingerprint density at radius 1 is 1.08 bits per heavy atom. The van der Waals surface area contributed by atoms with Gasteiger partial charge in [0.1, 0.15) is 18.5 Å². The van der Waals surface area contributed by atoms with Gasteiger partial charge >= 0.3 is 0 Å². The Kier molecular flexibility index (Phi) is 4.94. The molecule has 0 radical (unpaired) electrons. The average Bonchev–Trinajstić information content (AvgIpc) is 2.65. The Hall–Kier alpha value is -2.62. The second-order valence-corrected chi connectivity index (χ2v) is 5.68. The number of ether oxygens (including phenoxy) is 1. The SMILES string of the molecule is CCC(CF)Oc1ccc2ccc(-c3ccc(NC)cc3)nc2c1. The molecule has 0 aliphatic carbocycles. The fourth-order valence-electron chi connectivity index (χ4n) is 2.56. The van der Waals surface area contributed by atoms with Gasteiger partial charge in [0, 0.05) is 29.8 Å². The number of alkyl halides is 1. The zero-order valence-electron chi connectivity index (χ0n) is 13.9. The molecule has 1 atom stereocenters.